The van der Waals surface area contributed by atoms with Crippen LogP contribution >= 0.6 is 28.1 Å². The second-order valence-corrected chi connectivity index (χ2v) is 7.93. The molecule has 3 amide bonds. The van der Waals surface area contributed by atoms with E-state index in [2.05, 4.69) is 21.2 Å². The molecule has 150 valence electrons. The number of thiocarbonyl (C=S) groups is 1. The number of nitrogens with one attached hydrogen (secondary N) is 1. The van der Waals surface area contributed by atoms with Crippen LogP contribution in [-0.2, 0) is 20.9 Å². The number of fused-ring (bicyclic) bond motifs is 1. The van der Waals surface area contributed by atoms with Crippen molar-refractivity contribution in [2.24, 2.45) is 5.73 Å². The molecule has 3 aromatic rings. The Morgan fingerprint density at radius 1 is 1.13 bits per heavy atom. The van der Waals surface area contributed by atoms with E-state index >= 15 is 0 Å². The molecule has 9 heteroatoms. The van der Waals surface area contributed by atoms with Gasteiger partial charge in [-0.25, -0.2) is 0 Å². The Bertz CT molecular complexity index is 1250. The van der Waals surface area contributed by atoms with Gasteiger partial charge in [0.15, 0.2) is 5.11 Å². The zero-order valence-electron chi connectivity index (χ0n) is 15.5. The van der Waals surface area contributed by atoms with E-state index in [0.717, 1.165) is 15.4 Å². The molecule has 3 N–H and O–H groups in total. The van der Waals surface area contributed by atoms with Crippen LogP contribution in [0.25, 0.3) is 17.0 Å². The van der Waals surface area contributed by atoms with Gasteiger partial charge >= 0.3 is 0 Å². The van der Waals surface area contributed by atoms with E-state index in [0.29, 0.717) is 11.3 Å². The van der Waals surface area contributed by atoms with Gasteiger partial charge in [-0.15, -0.1) is 0 Å². The third kappa shape index (κ3) is 3.64. The number of para-hydroxylation sites is 1. The summed E-state index contributed by atoms with van der Waals surface area (Å²) in [6.07, 6.45) is 3.20. The van der Waals surface area contributed by atoms with Crippen molar-refractivity contribution in [3.63, 3.8) is 0 Å². The summed E-state index contributed by atoms with van der Waals surface area (Å²) in [5.74, 6) is -1.60. The lowest BCUT2D eigenvalue weighted by molar-refractivity contribution is -0.122. The fourth-order valence-electron chi connectivity index (χ4n) is 3.33. The Morgan fingerprint density at radius 3 is 2.53 bits per heavy atom. The number of amides is 3. The molecular formula is C21H15BrN4O3S. The summed E-state index contributed by atoms with van der Waals surface area (Å²) < 4.78 is 2.54. The molecule has 0 atom stereocenters. The van der Waals surface area contributed by atoms with Gasteiger partial charge in [0.2, 0.25) is 5.91 Å². The van der Waals surface area contributed by atoms with Crippen molar-refractivity contribution in [3.8, 4) is 0 Å². The van der Waals surface area contributed by atoms with Gasteiger partial charge in [0.1, 0.15) is 12.1 Å². The molecule has 0 bridgehead atoms. The second kappa shape index (κ2) is 7.85. The minimum Gasteiger partial charge on any atom is -0.368 e. The van der Waals surface area contributed by atoms with Crippen molar-refractivity contribution in [1.29, 1.82) is 0 Å². The number of halogens is 1. The number of primary amides is 1. The predicted molar refractivity (Wildman–Crippen MR) is 121 cm³/mol. The molecule has 1 aliphatic heterocycles. The summed E-state index contributed by atoms with van der Waals surface area (Å²) in [5.41, 5.74) is 7.21. The van der Waals surface area contributed by atoms with Crippen LogP contribution in [0.5, 0.6) is 0 Å². The molecule has 0 saturated carbocycles. The SMILES string of the molecule is NC(=O)Cn1cc(C=C2C(=O)NC(=S)N(c3ccc(Br)cc3)C2=O)c2ccccc21. The average Bonchev–Trinajstić information content (AvgIpc) is 3.03. The summed E-state index contributed by atoms with van der Waals surface area (Å²) in [4.78, 5) is 38.4. The second-order valence-electron chi connectivity index (χ2n) is 6.63. The smallest absolute Gasteiger partial charge is 0.270 e. The van der Waals surface area contributed by atoms with E-state index in [1.54, 1.807) is 35.0 Å². The zero-order valence-corrected chi connectivity index (χ0v) is 17.9. The van der Waals surface area contributed by atoms with Crippen LogP contribution in [0, 0.1) is 0 Å². The molecule has 1 aliphatic rings. The van der Waals surface area contributed by atoms with Crippen molar-refractivity contribution < 1.29 is 14.4 Å². The third-order valence-corrected chi connectivity index (χ3v) is 5.45. The van der Waals surface area contributed by atoms with Crippen LogP contribution in [0.2, 0.25) is 0 Å². The highest BCUT2D eigenvalue weighted by molar-refractivity contribution is 9.10. The van der Waals surface area contributed by atoms with Crippen LogP contribution in [0.15, 0.2) is 64.8 Å². The molecule has 2 aromatic carbocycles. The molecule has 1 fully saturated rings. The Kier molecular flexibility index (Phi) is 5.23. The van der Waals surface area contributed by atoms with Gasteiger partial charge in [0, 0.05) is 27.1 Å². The van der Waals surface area contributed by atoms with Crippen molar-refractivity contribution in [3.05, 3.63) is 70.3 Å². The minimum atomic E-state index is -0.579. The third-order valence-electron chi connectivity index (χ3n) is 4.63. The van der Waals surface area contributed by atoms with Gasteiger partial charge in [0.05, 0.1) is 5.69 Å². The van der Waals surface area contributed by atoms with Crippen LogP contribution in [0.3, 0.4) is 0 Å². The highest BCUT2D eigenvalue weighted by atomic mass is 79.9. The monoisotopic (exact) mass is 482 g/mol. The van der Waals surface area contributed by atoms with E-state index in [-0.39, 0.29) is 17.2 Å². The lowest BCUT2D eigenvalue weighted by atomic mass is 10.1. The molecule has 7 nitrogen and oxygen atoms in total. The van der Waals surface area contributed by atoms with Crippen molar-refractivity contribution >= 4 is 73.6 Å². The molecule has 0 spiro atoms. The number of hydrogen-bond acceptors (Lipinski definition) is 4. The Hall–Kier alpha value is -3.30. The van der Waals surface area contributed by atoms with Crippen molar-refractivity contribution in [1.82, 2.24) is 9.88 Å². The van der Waals surface area contributed by atoms with Crippen molar-refractivity contribution in [2.45, 2.75) is 6.54 Å². The number of hydrogen-bond donors (Lipinski definition) is 2. The lowest BCUT2D eigenvalue weighted by Gasteiger charge is -2.28. The number of aromatic nitrogens is 1. The first-order valence-corrected chi connectivity index (χ1v) is 10.1. The maximum atomic E-state index is 13.2. The van der Waals surface area contributed by atoms with Gasteiger partial charge < -0.3 is 10.3 Å². The molecule has 0 radical (unpaired) electrons. The number of anilines is 1. The first-order valence-electron chi connectivity index (χ1n) is 8.88. The van der Waals surface area contributed by atoms with Gasteiger partial charge in [0.25, 0.3) is 11.8 Å². The lowest BCUT2D eigenvalue weighted by Crippen LogP contribution is -2.54. The molecule has 1 saturated heterocycles. The highest BCUT2D eigenvalue weighted by Crippen LogP contribution is 2.27. The zero-order chi connectivity index (χ0) is 21.4. The first kappa shape index (κ1) is 20.0. The number of rotatable bonds is 4. The molecular weight excluding hydrogens is 468 g/mol. The van der Waals surface area contributed by atoms with E-state index in [1.165, 1.54) is 11.0 Å². The van der Waals surface area contributed by atoms with Gasteiger partial charge in [-0.2, -0.15) is 0 Å². The number of carbonyl (C=O) groups excluding carboxylic acids is 3. The number of nitrogens with two attached hydrogens (primary N) is 1. The summed E-state index contributed by atoms with van der Waals surface area (Å²) in [6.45, 7) is -0.0149. The normalized spacial score (nSPS) is 15.7. The quantitative estimate of drug-likeness (QED) is 0.339. The average molecular weight is 483 g/mol. The Balaban J connectivity index is 1.80. The summed E-state index contributed by atoms with van der Waals surface area (Å²) in [6, 6.07) is 14.4. The van der Waals surface area contributed by atoms with Crippen LogP contribution in [-0.4, -0.2) is 27.4 Å². The Morgan fingerprint density at radius 2 is 1.83 bits per heavy atom. The standard InChI is InChI=1S/C21H15BrN4O3S/c22-13-5-7-14(8-6-13)26-20(29)16(19(28)24-21(26)30)9-12-10-25(11-18(23)27)17-4-2-1-3-15(12)17/h1-10H,11H2,(H2,23,27)(H,24,28,30). The van der Waals surface area contributed by atoms with E-state index in [1.807, 2.05) is 24.3 Å². The van der Waals surface area contributed by atoms with E-state index in [4.69, 9.17) is 18.0 Å². The molecule has 30 heavy (non-hydrogen) atoms. The fraction of sp³-hybridized carbons (Fsp3) is 0.0476. The molecule has 0 aliphatic carbocycles. The van der Waals surface area contributed by atoms with Gasteiger partial charge in [-0.3, -0.25) is 24.6 Å². The van der Waals surface area contributed by atoms with Crippen LogP contribution in [0.1, 0.15) is 5.56 Å². The highest BCUT2D eigenvalue weighted by Gasteiger charge is 2.34. The number of benzene rings is 2. The summed E-state index contributed by atoms with van der Waals surface area (Å²) >= 11 is 8.58. The Labute approximate surface area is 185 Å². The minimum absolute atomic E-state index is 0.0145. The van der Waals surface area contributed by atoms with Gasteiger partial charge in [-0.1, -0.05) is 34.1 Å². The first-order chi connectivity index (χ1) is 14.3. The van der Waals surface area contributed by atoms with Crippen LogP contribution < -0.4 is 16.0 Å². The van der Waals surface area contributed by atoms with E-state index in [9.17, 15) is 14.4 Å². The van der Waals surface area contributed by atoms with Gasteiger partial charge in [-0.05, 0) is 48.6 Å². The topological polar surface area (TPSA) is 97.4 Å². The largest absolute Gasteiger partial charge is 0.368 e. The molecule has 2 heterocycles. The van der Waals surface area contributed by atoms with Crippen molar-refractivity contribution in [2.75, 3.05) is 4.90 Å². The molecule has 4 rings (SSSR count). The molecule has 0 unspecified atom stereocenters. The fourth-order valence-corrected chi connectivity index (χ4v) is 3.87. The molecule has 1 aromatic heterocycles. The van der Waals surface area contributed by atoms with Crippen LogP contribution in [0.4, 0.5) is 5.69 Å². The predicted octanol–water partition coefficient (Wildman–Crippen LogP) is 2.72. The summed E-state index contributed by atoms with van der Waals surface area (Å²) in [5, 5.41) is 3.37. The maximum Gasteiger partial charge on any atom is 0.270 e. The van der Waals surface area contributed by atoms with E-state index < -0.39 is 17.7 Å². The maximum absolute atomic E-state index is 13.2. The number of nitrogens with zero attached hydrogens (tertiary/aromatic N) is 2. The number of carbonyl (C=O) groups is 3. The summed E-state index contributed by atoms with van der Waals surface area (Å²) in [7, 11) is 0.